The zero-order chi connectivity index (χ0) is 12.0. The molecule has 1 rings (SSSR count). The first-order valence-corrected chi connectivity index (χ1v) is 5.57. The van der Waals surface area contributed by atoms with E-state index in [1.54, 1.807) is 0 Å². The van der Waals surface area contributed by atoms with Crippen LogP contribution in [-0.4, -0.2) is 18.6 Å². The summed E-state index contributed by atoms with van der Waals surface area (Å²) in [5.74, 6) is -0.210. The number of nitrogens with one attached hydrogen (secondary N) is 1. The lowest BCUT2D eigenvalue weighted by atomic mass is 10.1. The Balaban J connectivity index is 2.36. The number of carbonyl (C=O) groups is 1. The lowest BCUT2D eigenvalue weighted by molar-refractivity contribution is -0.146. The third-order valence-electron chi connectivity index (χ3n) is 2.22. The van der Waals surface area contributed by atoms with Crippen LogP contribution in [0.15, 0.2) is 30.3 Å². The van der Waals surface area contributed by atoms with Gasteiger partial charge < -0.3 is 10.1 Å². The van der Waals surface area contributed by atoms with E-state index in [9.17, 15) is 4.79 Å². The number of hydrogen-bond acceptors (Lipinski definition) is 3. The van der Waals surface area contributed by atoms with Gasteiger partial charge >= 0.3 is 5.97 Å². The molecule has 0 heterocycles. The Kier molecular flexibility index (Phi) is 4.99. The number of benzene rings is 1. The molecule has 0 saturated carbocycles. The molecule has 1 aromatic carbocycles. The van der Waals surface area contributed by atoms with Crippen LogP contribution < -0.4 is 5.32 Å². The van der Waals surface area contributed by atoms with Crippen LogP contribution >= 0.6 is 0 Å². The van der Waals surface area contributed by atoms with Crippen molar-refractivity contribution in [1.29, 1.82) is 0 Å². The van der Waals surface area contributed by atoms with Gasteiger partial charge in [-0.15, -0.1) is 0 Å². The van der Waals surface area contributed by atoms with E-state index >= 15 is 0 Å². The quantitative estimate of drug-likeness (QED) is 0.775. The molecule has 3 nitrogen and oxygen atoms in total. The summed E-state index contributed by atoms with van der Waals surface area (Å²) >= 11 is 0. The van der Waals surface area contributed by atoms with Gasteiger partial charge in [0, 0.05) is 6.04 Å². The first kappa shape index (κ1) is 12.7. The molecule has 0 aliphatic carbocycles. The largest absolute Gasteiger partial charge is 0.462 e. The van der Waals surface area contributed by atoms with Crippen LogP contribution in [-0.2, 0) is 9.53 Å². The van der Waals surface area contributed by atoms with Crippen LogP contribution in [0.2, 0.25) is 0 Å². The van der Waals surface area contributed by atoms with Crippen molar-refractivity contribution < 1.29 is 9.53 Å². The van der Waals surface area contributed by atoms with Gasteiger partial charge in [0.1, 0.15) is 0 Å². The van der Waals surface area contributed by atoms with E-state index in [2.05, 4.69) is 5.32 Å². The van der Waals surface area contributed by atoms with Crippen LogP contribution in [0.3, 0.4) is 0 Å². The van der Waals surface area contributed by atoms with Crippen LogP contribution in [0.5, 0.6) is 0 Å². The van der Waals surface area contributed by atoms with Crippen molar-refractivity contribution in [1.82, 2.24) is 5.32 Å². The number of hydrogen-bond donors (Lipinski definition) is 1. The Bertz CT molecular complexity index is 322. The van der Waals surface area contributed by atoms with Gasteiger partial charge in [-0.05, 0) is 26.3 Å². The third kappa shape index (κ3) is 4.45. The van der Waals surface area contributed by atoms with Crippen molar-refractivity contribution in [2.45, 2.75) is 32.9 Å². The Morgan fingerprint density at radius 2 is 1.88 bits per heavy atom. The second-order valence-electron chi connectivity index (χ2n) is 4.05. The maximum atomic E-state index is 11.3. The summed E-state index contributed by atoms with van der Waals surface area (Å²) in [4.78, 5) is 11.3. The molecule has 0 amide bonds. The van der Waals surface area contributed by atoms with E-state index in [0.29, 0.717) is 0 Å². The molecule has 16 heavy (non-hydrogen) atoms. The molecule has 0 radical (unpaired) electrons. The molecule has 1 atom stereocenters. The first-order chi connectivity index (χ1) is 7.59. The molecule has 0 spiro atoms. The van der Waals surface area contributed by atoms with Gasteiger partial charge in [0.25, 0.3) is 0 Å². The van der Waals surface area contributed by atoms with Crippen LogP contribution in [0, 0.1) is 0 Å². The number of ether oxygens (including phenoxy) is 1. The monoisotopic (exact) mass is 221 g/mol. The van der Waals surface area contributed by atoms with Crippen molar-refractivity contribution in [3.05, 3.63) is 35.9 Å². The molecule has 0 aliphatic rings. The first-order valence-electron chi connectivity index (χ1n) is 5.57. The summed E-state index contributed by atoms with van der Waals surface area (Å²) < 4.78 is 5.04. The molecular weight excluding hydrogens is 202 g/mol. The van der Waals surface area contributed by atoms with Crippen molar-refractivity contribution in [2.24, 2.45) is 0 Å². The zero-order valence-corrected chi connectivity index (χ0v) is 10.1. The zero-order valence-electron chi connectivity index (χ0n) is 10.1. The van der Waals surface area contributed by atoms with Gasteiger partial charge in [-0.25, -0.2) is 0 Å². The van der Waals surface area contributed by atoms with Gasteiger partial charge in [0.15, 0.2) is 0 Å². The Labute approximate surface area is 96.8 Å². The SMILES string of the molecule is CC(C)OC(=O)CNC(C)c1ccccc1. The lowest BCUT2D eigenvalue weighted by Gasteiger charge is -2.14. The molecule has 1 unspecified atom stereocenters. The minimum atomic E-state index is -0.210. The lowest BCUT2D eigenvalue weighted by Crippen LogP contribution is -2.28. The van der Waals surface area contributed by atoms with Crippen molar-refractivity contribution >= 4 is 5.97 Å². The van der Waals surface area contributed by atoms with Crippen LogP contribution in [0.1, 0.15) is 32.4 Å². The third-order valence-corrected chi connectivity index (χ3v) is 2.22. The topological polar surface area (TPSA) is 38.3 Å². The Hall–Kier alpha value is -1.35. The minimum Gasteiger partial charge on any atom is -0.462 e. The average molecular weight is 221 g/mol. The van der Waals surface area contributed by atoms with Gasteiger partial charge in [-0.2, -0.15) is 0 Å². The van der Waals surface area contributed by atoms with Crippen molar-refractivity contribution in [2.75, 3.05) is 6.54 Å². The second kappa shape index (κ2) is 6.28. The summed E-state index contributed by atoms with van der Waals surface area (Å²) in [5.41, 5.74) is 1.17. The summed E-state index contributed by atoms with van der Waals surface area (Å²) in [6, 6.07) is 10.2. The highest BCUT2D eigenvalue weighted by Gasteiger charge is 2.08. The fraction of sp³-hybridized carbons (Fsp3) is 0.462. The smallest absolute Gasteiger partial charge is 0.320 e. The van der Waals surface area contributed by atoms with Crippen molar-refractivity contribution in [3.63, 3.8) is 0 Å². The molecule has 0 bridgehead atoms. The Morgan fingerprint density at radius 1 is 1.25 bits per heavy atom. The van der Waals surface area contributed by atoms with Crippen molar-refractivity contribution in [3.8, 4) is 0 Å². The van der Waals surface area contributed by atoms with E-state index < -0.39 is 0 Å². The number of rotatable bonds is 5. The second-order valence-corrected chi connectivity index (χ2v) is 4.05. The normalized spacial score (nSPS) is 12.5. The van der Waals surface area contributed by atoms with Gasteiger partial charge in [0.05, 0.1) is 12.6 Å². The molecule has 3 heteroatoms. The van der Waals surface area contributed by atoms with E-state index in [1.165, 1.54) is 5.56 Å². The van der Waals surface area contributed by atoms with E-state index in [-0.39, 0.29) is 24.7 Å². The van der Waals surface area contributed by atoms with E-state index in [1.807, 2.05) is 51.1 Å². The summed E-state index contributed by atoms with van der Waals surface area (Å²) in [6.07, 6.45) is -0.0543. The predicted molar refractivity (Wildman–Crippen MR) is 64.1 cm³/mol. The molecule has 0 fully saturated rings. The van der Waals surface area contributed by atoms with Gasteiger partial charge in [-0.1, -0.05) is 30.3 Å². The fourth-order valence-electron chi connectivity index (χ4n) is 1.40. The Morgan fingerprint density at radius 3 is 2.44 bits per heavy atom. The summed E-state index contributed by atoms with van der Waals surface area (Å²) in [5, 5.41) is 3.13. The highest BCUT2D eigenvalue weighted by molar-refractivity contribution is 5.71. The minimum absolute atomic E-state index is 0.0543. The standard InChI is InChI=1S/C13H19NO2/c1-10(2)16-13(15)9-14-11(3)12-7-5-4-6-8-12/h4-8,10-11,14H,9H2,1-3H3. The maximum Gasteiger partial charge on any atom is 0.320 e. The average Bonchev–Trinajstić information content (AvgIpc) is 2.26. The molecule has 0 aliphatic heterocycles. The van der Waals surface area contributed by atoms with Gasteiger partial charge in [-0.3, -0.25) is 4.79 Å². The summed E-state index contributed by atoms with van der Waals surface area (Å²) in [7, 11) is 0. The van der Waals surface area contributed by atoms with Crippen LogP contribution in [0.25, 0.3) is 0 Å². The molecule has 88 valence electrons. The number of carbonyl (C=O) groups excluding carboxylic acids is 1. The van der Waals surface area contributed by atoms with Crippen LogP contribution in [0.4, 0.5) is 0 Å². The molecule has 0 aromatic heterocycles. The molecular formula is C13H19NO2. The molecule has 0 saturated heterocycles. The van der Waals surface area contributed by atoms with Gasteiger partial charge in [0.2, 0.25) is 0 Å². The highest BCUT2D eigenvalue weighted by atomic mass is 16.5. The molecule has 1 aromatic rings. The highest BCUT2D eigenvalue weighted by Crippen LogP contribution is 2.10. The molecule has 1 N–H and O–H groups in total. The summed E-state index contributed by atoms with van der Waals surface area (Å²) in [6.45, 7) is 5.96. The van der Waals surface area contributed by atoms with E-state index in [0.717, 1.165) is 0 Å². The predicted octanol–water partition coefficient (Wildman–Crippen LogP) is 2.29. The van der Waals surface area contributed by atoms with E-state index in [4.69, 9.17) is 4.74 Å². The number of esters is 1. The fourth-order valence-corrected chi connectivity index (χ4v) is 1.40. The maximum absolute atomic E-state index is 11.3.